The first-order valence-corrected chi connectivity index (χ1v) is 7.05. The fourth-order valence-corrected chi connectivity index (χ4v) is 2.51. The maximum absolute atomic E-state index is 6.04. The van der Waals surface area contributed by atoms with Crippen LogP contribution in [0.2, 0.25) is 0 Å². The minimum Gasteiger partial charge on any atom is -0.383 e. The van der Waals surface area contributed by atoms with Gasteiger partial charge in [-0.25, -0.2) is 15.0 Å². The molecule has 4 aromatic heterocycles. The van der Waals surface area contributed by atoms with Crippen molar-refractivity contribution in [1.29, 1.82) is 0 Å². The highest BCUT2D eigenvalue weighted by Crippen LogP contribution is 2.30. The minimum atomic E-state index is 0.431. The summed E-state index contributed by atoms with van der Waals surface area (Å²) < 4.78 is 1.73. The van der Waals surface area contributed by atoms with Gasteiger partial charge < -0.3 is 5.73 Å². The smallest absolute Gasteiger partial charge is 0.179 e. The lowest BCUT2D eigenvalue weighted by molar-refractivity contribution is 0.770. The van der Waals surface area contributed by atoms with E-state index in [0.717, 1.165) is 27.9 Å². The standard InChI is InChI=1S/C16H13N7/c1-23-13(5-8-20-23)16-21-12-9-18-7-4-10(12)14(22-16)11-3-2-6-19-15(11)17/h2-9H,1H3,(H2,17,19). The predicted octanol–water partition coefficient (Wildman–Crippen LogP) is 2.07. The molecule has 0 spiro atoms. The number of aryl methyl sites for hydroxylation is 1. The van der Waals surface area contributed by atoms with Crippen LogP contribution >= 0.6 is 0 Å². The van der Waals surface area contributed by atoms with Crippen LogP contribution in [0.15, 0.2) is 49.1 Å². The number of anilines is 1. The zero-order valence-corrected chi connectivity index (χ0v) is 12.4. The van der Waals surface area contributed by atoms with Crippen LogP contribution in [0.1, 0.15) is 0 Å². The molecule has 0 aromatic carbocycles. The Morgan fingerprint density at radius 3 is 2.74 bits per heavy atom. The third-order valence-corrected chi connectivity index (χ3v) is 3.64. The van der Waals surface area contributed by atoms with Crippen molar-refractivity contribution in [2.45, 2.75) is 0 Å². The van der Waals surface area contributed by atoms with Gasteiger partial charge in [0.1, 0.15) is 11.5 Å². The molecule has 2 N–H and O–H groups in total. The number of aromatic nitrogens is 6. The van der Waals surface area contributed by atoms with Crippen LogP contribution in [0.5, 0.6) is 0 Å². The number of hydrogen-bond donors (Lipinski definition) is 1. The van der Waals surface area contributed by atoms with Crippen LogP contribution in [0.3, 0.4) is 0 Å². The molecular weight excluding hydrogens is 290 g/mol. The van der Waals surface area contributed by atoms with E-state index in [1.807, 2.05) is 31.3 Å². The van der Waals surface area contributed by atoms with Gasteiger partial charge in [-0.05, 0) is 24.3 Å². The second kappa shape index (κ2) is 5.13. The predicted molar refractivity (Wildman–Crippen MR) is 87.2 cm³/mol. The van der Waals surface area contributed by atoms with E-state index in [1.165, 1.54) is 0 Å². The van der Waals surface area contributed by atoms with Gasteiger partial charge in [-0.15, -0.1) is 0 Å². The Bertz CT molecular complexity index is 1010. The van der Waals surface area contributed by atoms with Crippen LogP contribution in [0.25, 0.3) is 33.7 Å². The van der Waals surface area contributed by atoms with Gasteiger partial charge in [0.2, 0.25) is 0 Å². The Labute approximate surface area is 131 Å². The maximum atomic E-state index is 6.04. The zero-order chi connectivity index (χ0) is 15.8. The Balaban J connectivity index is 2.06. The lowest BCUT2D eigenvalue weighted by Gasteiger charge is -2.10. The largest absolute Gasteiger partial charge is 0.383 e. The summed E-state index contributed by atoms with van der Waals surface area (Å²) in [7, 11) is 1.85. The number of nitrogens with zero attached hydrogens (tertiary/aromatic N) is 6. The summed E-state index contributed by atoms with van der Waals surface area (Å²) in [4.78, 5) is 17.6. The lowest BCUT2D eigenvalue weighted by atomic mass is 10.1. The summed E-state index contributed by atoms with van der Waals surface area (Å²) in [5, 5.41) is 5.06. The highest BCUT2D eigenvalue weighted by molar-refractivity contribution is 5.95. The molecule has 4 heterocycles. The van der Waals surface area contributed by atoms with Gasteiger partial charge in [-0.3, -0.25) is 9.67 Å². The molecule has 0 unspecified atom stereocenters. The van der Waals surface area contributed by atoms with E-state index >= 15 is 0 Å². The molecule has 23 heavy (non-hydrogen) atoms. The fraction of sp³-hybridized carbons (Fsp3) is 0.0625. The molecule has 4 rings (SSSR count). The van der Waals surface area contributed by atoms with Crippen LogP contribution in [0, 0.1) is 0 Å². The molecule has 0 atom stereocenters. The minimum absolute atomic E-state index is 0.431. The van der Waals surface area contributed by atoms with E-state index < -0.39 is 0 Å². The molecule has 4 aromatic rings. The van der Waals surface area contributed by atoms with Crippen LogP contribution in [-0.2, 0) is 7.05 Å². The molecule has 112 valence electrons. The Hall–Kier alpha value is -3.35. The maximum Gasteiger partial charge on any atom is 0.179 e. The molecule has 0 radical (unpaired) electrons. The van der Waals surface area contributed by atoms with E-state index in [2.05, 4.69) is 20.1 Å². The van der Waals surface area contributed by atoms with E-state index in [4.69, 9.17) is 10.7 Å². The number of rotatable bonds is 2. The fourth-order valence-electron chi connectivity index (χ4n) is 2.51. The van der Waals surface area contributed by atoms with Crippen molar-refractivity contribution in [2.75, 3.05) is 5.73 Å². The summed E-state index contributed by atoms with van der Waals surface area (Å²) in [5.74, 6) is 1.00. The summed E-state index contributed by atoms with van der Waals surface area (Å²) in [6.45, 7) is 0. The van der Waals surface area contributed by atoms with Gasteiger partial charge >= 0.3 is 0 Å². The number of nitrogen functional groups attached to an aromatic ring is 1. The van der Waals surface area contributed by atoms with Gasteiger partial charge in [0.25, 0.3) is 0 Å². The Morgan fingerprint density at radius 1 is 1.04 bits per heavy atom. The van der Waals surface area contributed by atoms with Crippen LogP contribution in [-0.4, -0.2) is 29.7 Å². The molecule has 0 aliphatic carbocycles. The Morgan fingerprint density at radius 2 is 1.96 bits per heavy atom. The van der Waals surface area contributed by atoms with Crippen molar-refractivity contribution in [3.05, 3.63) is 49.1 Å². The topological polar surface area (TPSA) is 95.4 Å². The summed E-state index contributed by atoms with van der Waals surface area (Å²) in [6.07, 6.45) is 6.80. The first kappa shape index (κ1) is 13.3. The monoisotopic (exact) mass is 303 g/mol. The lowest BCUT2D eigenvalue weighted by Crippen LogP contribution is -2.02. The van der Waals surface area contributed by atoms with Gasteiger partial charge in [0.15, 0.2) is 5.82 Å². The molecule has 0 saturated heterocycles. The van der Waals surface area contributed by atoms with E-state index in [1.54, 1.807) is 29.5 Å². The third kappa shape index (κ3) is 2.18. The number of nitrogens with two attached hydrogens (primary N) is 1. The highest BCUT2D eigenvalue weighted by Gasteiger charge is 2.15. The number of pyridine rings is 2. The molecule has 7 heteroatoms. The molecular formula is C16H13N7. The number of hydrogen-bond acceptors (Lipinski definition) is 6. The SMILES string of the molecule is Cn1nccc1-c1nc(-c2cccnc2N)c2ccncc2n1. The second-order valence-corrected chi connectivity index (χ2v) is 5.06. The first-order valence-electron chi connectivity index (χ1n) is 7.05. The molecule has 0 aliphatic heterocycles. The molecule has 0 amide bonds. The van der Waals surface area contributed by atoms with Crippen molar-refractivity contribution in [2.24, 2.45) is 7.05 Å². The third-order valence-electron chi connectivity index (χ3n) is 3.64. The average Bonchev–Trinajstić information content (AvgIpc) is 3.00. The van der Waals surface area contributed by atoms with E-state index in [-0.39, 0.29) is 0 Å². The normalized spacial score (nSPS) is 11.0. The van der Waals surface area contributed by atoms with Crippen LogP contribution in [0.4, 0.5) is 5.82 Å². The van der Waals surface area contributed by atoms with Gasteiger partial charge in [0.05, 0.1) is 17.4 Å². The van der Waals surface area contributed by atoms with Gasteiger partial charge in [0, 0.05) is 36.6 Å². The number of fused-ring (bicyclic) bond motifs is 1. The van der Waals surface area contributed by atoms with Crippen molar-refractivity contribution >= 4 is 16.7 Å². The van der Waals surface area contributed by atoms with E-state index in [0.29, 0.717) is 11.6 Å². The highest BCUT2D eigenvalue weighted by atomic mass is 15.3. The van der Waals surface area contributed by atoms with E-state index in [9.17, 15) is 0 Å². The van der Waals surface area contributed by atoms with Gasteiger partial charge in [-0.2, -0.15) is 5.10 Å². The van der Waals surface area contributed by atoms with Crippen molar-refractivity contribution in [3.8, 4) is 22.8 Å². The molecule has 7 nitrogen and oxygen atoms in total. The summed E-state index contributed by atoms with van der Waals surface area (Å²) >= 11 is 0. The van der Waals surface area contributed by atoms with Crippen molar-refractivity contribution in [3.63, 3.8) is 0 Å². The van der Waals surface area contributed by atoms with Crippen LogP contribution < -0.4 is 5.73 Å². The molecule has 0 aliphatic rings. The molecule has 0 saturated carbocycles. The molecule has 0 fully saturated rings. The second-order valence-electron chi connectivity index (χ2n) is 5.06. The van der Waals surface area contributed by atoms with Crippen molar-refractivity contribution in [1.82, 2.24) is 29.7 Å². The van der Waals surface area contributed by atoms with Crippen molar-refractivity contribution < 1.29 is 0 Å². The average molecular weight is 303 g/mol. The zero-order valence-electron chi connectivity index (χ0n) is 12.4. The quantitative estimate of drug-likeness (QED) is 0.609. The first-order chi connectivity index (χ1) is 11.2. The summed E-state index contributed by atoms with van der Waals surface area (Å²) in [5.41, 5.74) is 9.11. The molecule has 0 bridgehead atoms. The van der Waals surface area contributed by atoms with Gasteiger partial charge in [-0.1, -0.05) is 0 Å². The Kier molecular flexibility index (Phi) is 2.97. The summed E-state index contributed by atoms with van der Waals surface area (Å²) in [6, 6.07) is 7.49.